The summed E-state index contributed by atoms with van der Waals surface area (Å²) in [7, 11) is 0. The zero-order valence-corrected chi connectivity index (χ0v) is 5.52. The van der Waals surface area contributed by atoms with E-state index >= 15 is 0 Å². The number of nitrogens with zero attached hydrogens (tertiary/aromatic N) is 2. The van der Waals surface area contributed by atoms with Crippen molar-refractivity contribution < 1.29 is 9.53 Å². The molecule has 0 aromatic heterocycles. The Morgan fingerprint density at radius 2 is 2.36 bits per heavy atom. The Kier molecular flexibility index (Phi) is 1.43. The van der Waals surface area contributed by atoms with Gasteiger partial charge in [0.2, 0.25) is 0 Å². The summed E-state index contributed by atoms with van der Waals surface area (Å²) in [5, 5.41) is 9.94. The van der Waals surface area contributed by atoms with Gasteiger partial charge in [0.05, 0.1) is 12.3 Å². The molecule has 11 heavy (non-hydrogen) atoms. The molecule has 0 aromatic rings. The molecular formula is C6H5N3O2. The summed E-state index contributed by atoms with van der Waals surface area (Å²) in [5.41, 5.74) is 0. The number of morpholine rings is 1. The quantitative estimate of drug-likeness (QED) is 0.451. The number of rotatable bonds is 0. The topological polar surface area (TPSA) is 63.0 Å². The van der Waals surface area contributed by atoms with E-state index in [4.69, 9.17) is 4.74 Å². The summed E-state index contributed by atoms with van der Waals surface area (Å²) in [4.78, 5) is 10.6. The van der Waals surface area contributed by atoms with Gasteiger partial charge in [-0.1, -0.05) is 0 Å². The summed E-state index contributed by atoms with van der Waals surface area (Å²) >= 11 is 0. The molecule has 56 valence electrons. The van der Waals surface area contributed by atoms with Crippen LogP contribution in [-0.2, 0) is 9.53 Å². The third kappa shape index (κ3) is 1.14. The SMILES string of the molecule is O=C1[C]NC2C=NN=CC2O1. The number of carbonyl (C=O) groups is 1. The van der Waals surface area contributed by atoms with Gasteiger partial charge in [-0.15, -0.1) is 0 Å². The highest BCUT2D eigenvalue weighted by Gasteiger charge is 2.29. The van der Waals surface area contributed by atoms with Gasteiger partial charge in [-0.25, -0.2) is 4.79 Å². The van der Waals surface area contributed by atoms with E-state index < -0.39 is 5.97 Å². The lowest BCUT2D eigenvalue weighted by Crippen LogP contribution is -2.50. The van der Waals surface area contributed by atoms with Crippen LogP contribution in [-0.4, -0.2) is 30.5 Å². The fourth-order valence-electron chi connectivity index (χ4n) is 0.911. The number of esters is 1. The maximum Gasteiger partial charge on any atom is 0.332 e. The monoisotopic (exact) mass is 151 g/mol. The second kappa shape index (κ2) is 2.43. The molecule has 5 nitrogen and oxygen atoms in total. The Balaban J connectivity index is 2.12. The summed E-state index contributed by atoms with van der Waals surface area (Å²) in [6.07, 6.45) is 2.72. The zero-order valence-electron chi connectivity index (χ0n) is 5.52. The molecule has 0 spiro atoms. The molecule has 5 heteroatoms. The van der Waals surface area contributed by atoms with Gasteiger partial charge in [0.25, 0.3) is 0 Å². The van der Waals surface area contributed by atoms with E-state index in [1.54, 1.807) is 6.21 Å². The highest BCUT2D eigenvalue weighted by atomic mass is 16.5. The summed E-state index contributed by atoms with van der Waals surface area (Å²) in [6.45, 7) is 2.32. The first-order chi connectivity index (χ1) is 5.36. The van der Waals surface area contributed by atoms with Gasteiger partial charge in [0.1, 0.15) is 0 Å². The van der Waals surface area contributed by atoms with Gasteiger partial charge in [-0.3, -0.25) is 5.32 Å². The van der Waals surface area contributed by atoms with Gasteiger partial charge in [-0.2, -0.15) is 10.2 Å². The molecule has 1 saturated heterocycles. The van der Waals surface area contributed by atoms with Crippen LogP contribution < -0.4 is 5.32 Å². The van der Waals surface area contributed by atoms with Crippen LogP contribution in [0.4, 0.5) is 0 Å². The van der Waals surface area contributed by atoms with Gasteiger partial charge in [0.15, 0.2) is 12.6 Å². The normalized spacial score (nSPS) is 34.7. The van der Waals surface area contributed by atoms with E-state index in [-0.39, 0.29) is 12.1 Å². The highest BCUT2D eigenvalue weighted by Crippen LogP contribution is 2.06. The van der Waals surface area contributed by atoms with Crippen LogP contribution in [0.3, 0.4) is 0 Å². The lowest BCUT2D eigenvalue weighted by molar-refractivity contribution is -0.145. The van der Waals surface area contributed by atoms with Crippen LogP contribution in [0.15, 0.2) is 10.2 Å². The zero-order chi connectivity index (χ0) is 7.68. The molecular weight excluding hydrogens is 146 g/mol. The average molecular weight is 151 g/mol. The van der Waals surface area contributed by atoms with Crippen molar-refractivity contribution in [1.82, 2.24) is 5.32 Å². The molecule has 0 amide bonds. The van der Waals surface area contributed by atoms with Crippen LogP contribution in [0.1, 0.15) is 0 Å². The lowest BCUT2D eigenvalue weighted by Gasteiger charge is -2.26. The predicted molar refractivity (Wildman–Crippen MR) is 37.0 cm³/mol. The van der Waals surface area contributed by atoms with E-state index in [0.29, 0.717) is 0 Å². The van der Waals surface area contributed by atoms with Gasteiger partial charge in [-0.05, 0) is 0 Å². The molecule has 2 radical (unpaired) electrons. The minimum absolute atomic E-state index is 0.106. The van der Waals surface area contributed by atoms with E-state index in [1.165, 1.54) is 6.21 Å². The smallest absolute Gasteiger partial charge is 0.332 e. The Bertz CT molecular complexity index is 236. The molecule has 1 fully saturated rings. The van der Waals surface area contributed by atoms with Gasteiger partial charge in [0, 0.05) is 6.21 Å². The highest BCUT2D eigenvalue weighted by molar-refractivity contribution is 5.88. The Morgan fingerprint density at radius 1 is 1.55 bits per heavy atom. The summed E-state index contributed by atoms with van der Waals surface area (Å²) < 4.78 is 4.84. The lowest BCUT2D eigenvalue weighted by atomic mass is 10.1. The van der Waals surface area contributed by atoms with Gasteiger partial charge < -0.3 is 4.74 Å². The number of nitrogens with one attached hydrogen (secondary N) is 1. The Labute approximate surface area is 63.1 Å². The van der Waals surface area contributed by atoms with Gasteiger partial charge >= 0.3 is 5.97 Å². The summed E-state index contributed by atoms with van der Waals surface area (Å²) in [5.74, 6) is -0.493. The van der Waals surface area contributed by atoms with Crippen LogP contribution in [0.2, 0.25) is 0 Å². The largest absolute Gasteiger partial charge is 0.453 e. The first kappa shape index (κ1) is 6.48. The van der Waals surface area contributed by atoms with Crippen molar-refractivity contribution in [3.8, 4) is 0 Å². The first-order valence-electron chi connectivity index (χ1n) is 3.15. The van der Waals surface area contributed by atoms with Crippen LogP contribution in [0.25, 0.3) is 0 Å². The minimum atomic E-state index is -0.493. The van der Waals surface area contributed by atoms with Crippen LogP contribution >= 0.6 is 0 Å². The van der Waals surface area contributed by atoms with Crippen molar-refractivity contribution in [1.29, 1.82) is 0 Å². The van der Waals surface area contributed by atoms with Crippen molar-refractivity contribution in [2.75, 3.05) is 0 Å². The van der Waals surface area contributed by atoms with E-state index in [0.717, 1.165) is 0 Å². The fraction of sp³-hybridized carbons (Fsp3) is 0.333. The third-order valence-corrected chi connectivity index (χ3v) is 1.45. The number of carbonyl (C=O) groups excluding carboxylic acids is 1. The standard InChI is InChI=1S/C6H5N3O2/c10-6-3-7-4-1-8-9-2-5(4)11-6/h1-2,4-5,7H. The molecule has 0 saturated carbocycles. The molecule has 2 rings (SSSR count). The Morgan fingerprint density at radius 3 is 3.27 bits per heavy atom. The Hall–Kier alpha value is -1.23. The average Bonchev–Trinajstić information content (AvgIpc) is 2.04. The van der Waals surface area contributed by atoms with E-state index in [2.05, 4.69) is 22.1 Å². The van der Waals surface area contributed by atoms with Crippen molar-refractivity contribution in [3.05, 3.63) is 6.54 Å². The molecule has 0 aromatic carbocycles. The fourth-order valence-corrected chi connectivity index (χ4v) is 0.911. The molecule has 2 aliphatic rings. The van der Waals surface area contributed by atoms with E-state index in [1.807, 2.05) is 0 Å². The first-order valence-corrected chi connectivity index (χ1v) is 3.15. The molecule has 0 aliphatic carbocycles. The second-order valence-electron chi connectivity index (χ2n) is 2.19. The molecule has 2 aliphatic heterocycles. The predicted octanol–water partition coefficient (Wildman–Crippen LogP) is -1.02. The maximum absolute atomic E-state index is 10.6. The molecule has 2 unspecified atom stereocenters. The van der Waals surface area contributed by atoms with Crippen molar-refractivity contribution in [2.45, 2.75) is 12.1 Å². The molecule has 1 N–H and O–H groups in total. The number of hydrogen-bond donors (Lipinski definition) is 1. The number of fused-ring (bicyclic) bond motifs is 1. The van der Waals surface area contributed by atoms with Crippen LogP contribution in [0, 0.1) is 6.54 Å². The molecule has 2 heterocycles. The summed E-state index contributed by atoms with van der Waals surface area (Å²) in [6, 6.07) is -0.106. The van der Waals surface area contributed by atoms with E-state index in [9.17, 15) is 4.79 Å². The van der Waals surface area contributed by atoms with Crippen molar-refractivity contribution in [3.63, 3.8) is 0 Å². The van der Waals surface area contributed by atoms with Crippen LogP contribution in [0.5, 0.6) is 0 Å². The second-order valence-corrected chi connectivity index (χ2v) is 2.19. The maximum atomic E-state index is 10.6. The number of hydrogen-bond acceptors (Lipinski definition) is 5. The van der Waals surface area contributed by atoms with Crippen molar-refractivity contribution >= 4 is 18.4 Å². The van der Waals surface area contributed by atoms with Crippen molar-refractivity contribution in [2.24, 2.45) is 10.2 Å². The molecule has 2 atom stereocenters. The minimum Gasteiger partial charge on any atom is -0.453 e. The molecule has 0 bridgehead atoms. The third-order valence-electron chi connectivity index (χ3n) is 1.45. The number of ether oxygens (including phenoxy) is 1.